The molecule has 3 heterocycles. The quantitative estimate of drug-likeness (QED) is 0.715. The van der Waals surface area contributed by atoms with Crippen LogP contribution in [-0.4, -0.2) is 51.7 Å². The molecule has 34 heavy (non-hydrogen) atoms. The van der Waals surface area contributed by atoms with Gasteiger partial charge in [-0.05, 0) is 39.2 Å². The minimum Gasteiger partial charge on any atom is -0.487 e. The van der Waals surface area contributed by atoms with E-state index >= 15 is 0 Å². The molecule has 1 saturated carbocycles. The molecule has 0 saturated heterocycles. The fourth-order valence-corrected chi connectivity index (χ4v) is 5.73. The molecule has 0 spiro atoms. The molecule has 1 atom stereocenters. The van der Waals surface area contributed by atoms with Crippen molar-refractivity contribution in [1.82, 2.24) is 9.97 Å². The number of carbonyl (C=O) groups excluding carboxylic acids is 1. The zero-order valence-electron chi connectivity index (χ0n) is 20.3. The van der Waals surface area contributed by atoms with Gasteiger partial charge in [0.25, 0.3) is 0 Å². The van der Waals surface area contributed by atoms with Gasteiger partial charge in [-0.25, -0.2) is 14.8 Å². The Kier molecular flexibility index (Phi) is 5.49. The second kappa shape index (κ2) is 8.25. The van der Waals surface area contributed by atoms with E-state index in [1.807, 2.05) is 19.9 Å². The van der Waals surface area contributed by atoms with Crippen LogP contribution in [0.5, 0.6) is 5.75 Å². The molecule has 0 radical (unpaired) electrons. The minimum atomic E-state index is -0.945. The molecule has 8 nitrogen and oxygen atoms in total. The maximum absolute atomic E-state index is 13.1. The first-order chi connectivity index (χ1) is 16.2. The van der Waals surface area contributed by atoms with Crippen LogP contribution in [0.4, 0.5) is 11.5 Å². The Hall–Kier alpha value is -3.16. The first-order valence-corrected chi connectivity index (χ1v) is 12.2. The number of ether oxygens (including phenoxy) is 1. The van der Waals surface area contributed by atoms with Gasteiger partial charge < -0.3 is 19.6 Å². The highest BCUT2D eigenvalue weighted by molar-refractivity contribution is 6.04. The van der Waals surface area contributed by atoms with E-state index in [1.54, 1.807) is 24.2 Å². The predicted molar refractivity (Wildman–Crippen MR) is 129 cm³/mol. The summed E-state index contributed by atoms with van der Waals surface area (Å²) in [7, 11) is 1.80. The monoisotopic (exact) mass is 464 g/mol. The molecule has 3 aliphatic rings. The van der Waals surface area contributed by atoms with Crippen LogP contribution in [0.2, 0.25) is 0 Å². The highest BCUT2D eigenvalue weighted by atomic mass is 16.5. The lowest BCUT2D eigenvalue weighted by Crippen LogP contribution is -2.55. The molecule has 2 aliphatic heterocycles. The smallest absolute Gasteiger partial charge is 0.336 e. The summed E-state index contributed by atoms with van der Waals surface area (Å²) in [5, 5.41) is 9.64. The molecule has 1 fully saturated rings. The fourth-order valence-electron chi connectivity index (χ4n) is 5.73. The van der Waals surface area contributed by atoms with Crippen LogP contribution < -0.4 is 14.5 Å². The number of hydrogen-bond donors (Lipinski definition) is 1. The molecule has 1 aliphatic carbocycles. The molecule has 1 aromatic carbocycles. The predicted octanol–water partition coefficient (Wildman–Crippen LogP) is 3.98. The zero-order valence-corrected chi connectivity index (χ0v) is 20.3. The van der Waals surface area contributed by atoms with E-state index in [4.69, 9.17) is 9.72 Å². The Labute approximate surface area is 199 Å². The SMILES string of the molecule is CC[C@@H]1C(=O)N(C)c2cnc(Cc3ccc(C(=O)O)c4c3OC(C)(C)C4)nc2N1C1CCCC1. The van der Waals surface area contributed by atoms with Gasteiger partial charge in [-0.15, -0.1) is 0 Å². The van der Waals surface area contributed by atoms with Gasteiger partial charge in [0.1, 0.15) is 28.9 Å². The number of hydrogen-bond acceptors (Lipinski definition) is 6. The van der Waals surface area contributed by atoms with Crippen LogP contribution >= 0.6 is 0 Å². The third-order valence-corrected chi connectivity index (χ3v) is 7.36. The van der Waals surface area contributed by atoms with Crippen LogP contribution in [0.1, 0.15) is 80.2 Å². The molecule has 8 heteroatoms. The van der Waals surface area contributed by atoms with Crippen LogP contribution in [0.15, 0.2) is 18.3 Å². The van der Waals surface area contributed by atoms with Gasteiger partial charge in [-0.3, -0.25) is 4.79 Å². The minimum absolute atomic E-state index is 0.0935. The van der Waals surface area contributed by atoms with Gasteiger partial charge in [0.15, 0.2) is 5.82 Å². The largest absolute Gasteiger partial charge is 0.487 e. The van der Waals surface area contributed by atoms with E-state index in [9.17, 15) is 14.7 Å². The van der Waals surface area contributed by atoms with Gasteiger partial charge in [0.2, 0.25) is 5.91 Å². The highest BCUT2D eigenvalue weighted by Gasteiger charge is 2.41. The van der Waals surface area contributed by atoms with Crippen molar-refractivity contribution in [3.05, 3.63) is 40.8 Å². The number of amides is 1. The summed E-state index contributed by atoms with van der Waals surface area (Å²) in [4.78, 5) is 38.4. The molecular weight excluding hydrogens is 432 g/mol. The number of carboxylic acids is 1. The number of anilines is 2. The first-order valence-electron chi connectivity index (χ1n) is 12.2. The Morgan fingerprint density at radius 1 is 1.26 bits per heavy atom. The van der Waals surface area contributed by atoms with Crippen molar-refractivity contribution < 1.29 is 19.4 Å². The van der Waals surface area contributed by atoms with Crippen LogP contribution in [0.25, 0.3) is 0 Å². The standard InChI is InChI=1S/C26H32N4O4/c1-5-19-24(31)29(4)20-14-27-21(28-23(20)30(19)16-8-6-7-9-16)12-15-10-11-17(25(32)33)18-13-26(2,3)34-22(15)18/h10-11,14,16,19H,5-9,12-13H2,1-4H3,(H,32,33)/t19-/m1/s1. The molecule has 0 unspecified atom stereocenters. The van der Waals surface area contributed by atoms with Gasteiger partial charge in [0, 0.05) is 37.1 Å². The summed E-state index contributed by atoms with van der Waals surface area (Å²) < 4.78 is 6.19. The van der Waals surface area contributed by atoms with Gasteiger partial charge in [-0.2, -0.15) is 0 Å². The third kappa shape index (κ3) is 3.69. The lowest BCUT2D eigenvalue weighted by Gasteiger charge is -2.43. The molecular formula is C26H32N4O4. The molecule has 0 bridgehead atoms. The summed E-state index contributed by atoms with van der Waals surface area (Å²) >= 11 is 0. The van der Waals surface area contributed by atoms with E-state index < -0.39 is 11.6 Å². The van der Waals surface area contributed by atoms with Crippen molar-refractivity contribution in [2.75, 3.05) is 16.8 Å². The van der Waals surface area contributed by atoms with Crippen molar-refractivity contribution in [1.29, 1.82) is 0 Å². The van der Waals surface area contributed by atoms with Crippen molar-refractivity contribution in [2.45, 2.75) is 83.4 Å². The third-order valence-electron chi connectivity index (χ3n) is 7.36. The normalized spacial score (nSPS) is 21.4. The van der Waals surface area contributed by atoms with Crippen LogP contribution in [-0.2, 0) is 17.6 Å². The molecule has 5 rings (SSSR count). The second-order valence-corrected chi connectivity index (χ2v) is 10.3. The number of fused-ring (bicyclic) bond motifs is 2. The molecule has 180 valence electrons. The molecule has 1 N–H and O–H groups in total. The average molecular weight is 465 g/mol. The Morgan fingerprint density at radius 2 is 2.00 bits per heavy atom. The van der Waals surface area contributed by atoms with Gasteiger partial charge in [-0.1, -0.05) is 25.8 Å². The maximum atomic E-state index is 13.1. The number of carbonyl (C=O) groups is 2. The highest BCUT2D eigenvalue weighted by Crippen LogP contribution is 2.42. The summed E-state index contributed by atoms with van der Waals surface area (Å²) in [6.07, 6.45) is 7.93. The van der Waals surface area contributed by atoms with E-state index in [0.29, 0.717) is 30.5 Å². The topological polar surface area (TPSA) is 95.9 Å². The van der Waals surface area contributed by atoms with Gasteiger partial charge >= 0.3 is 5.97 Å². The maximum Gasteiger partial charge on any atom is 0.336 e. The number of carboxylic acid groups (broad SMARTS) is 1. The number of aromatic nitrogens is 2. The summed E-state index contributed by atoms with van der Waals surface area (Å²) in [6, 6.07) is 3.56. The first kappa shape index (κ1) is 22.6. The van der Waals surface area contributed by atoms with Crippen LogP contribution in [0, 0.1) is 0 Å². The van der Waals surface area contributed by atoms with Crippen molar-refractivity contribution in [2.24, 2.45) is 0 Å². The van der Waals surface area contributed by atoms with Crippen molar-refractivity contribution >= 4 is 23.4 Å². The number of likely N-dealkylation sites (N-methyl/N-ethyl adjacent to an activating group) is 1. The van der Waals surface area contributed by atoms with Gasteiger partial charge in [0.05, 0.1) is 11.8 Å². The van der Waals surface area contributed by atoms with Crippen LogP contribution in [0.3, 0.4) is 0 Å². The number of nitrogens with zero attached hydrogens (tertiary/aromatic N) is 4. The number of benzene rings is 1. The number of rotatable bonds is 5. The second-order valence-electron chi connectivity index (χ2n) is 10.3. The van der Waals surface area contributed by atoms with E-state index in [1.165, 1.54) is 12.8 Å². The van der Waals surface area contributed by atoms with E-state index in [-0.39, 0.29) is 17.5 Å². The van der Waals surface area contributed by atoms with Crippen molar-refractivity contribution in [3.63, 3.8) is 0 Å². The average Bonchev–Trinajstić information content (AvgIpc) is 3.43. The summed E-state index contributed by atoms with van der Waals surface area (Å²) in [5.41, 5.74) is 2.18. The zero-order chi connectivity index (χ0) is 24.2. The Balaban J connectivity index is 1.55. The van der Waals surface area contributed by atoms with E-state index in [0.717, 1.165) is 41.9 Å². The fraction of sp³-hybridized carbons (Fsp3) is 0.538. The lowest BCUT2D eigenvalue weighted by molar-refractivity contribution is -0.120. The number of aromatic carboxylic acids is 1. The lowest BCUT2D eigenvalue weighted by atomic mass is 9.95. The molecule has 1 amide bonds. The summed E-state index contributed by atoms with van der Waals surface area (Å²) in [6.45, 7) is 5.99. The van der Waals surface area contributed by atoms with Crippen molar-refractivity contribution in [3.8, 4) is 5.75 Å². The Morgan fingerprint density at radius 3 is 2.68 bits per heavy atom. The van der Waals surface area contributed by atoms with E-state index in [2.05, 4.69) is 16.8 Å². The Bertz CT molecular complexity index is 1160. The molecule has 1 aromatic heterocycles. The summed E-state index contributed by atoms with van der Waals surface area (Å²) in [5.74, 6) is 1.25. The molecule has 2 aromatic rings.